The second-order valence-electron chi connectivity index (χ2n) is 5.40. The zero-order valence-electron chi connectivity index (χ0n) is 11.8. The highest BCUT2D eigenvalue weighted by molar-refractivity contribution is 5.34. The lowest BCUT2D eigenvalue weighted by molar-refractivity contribution is 0.209. The number of benzene rings is 1. The van der Waals surface area contributed by atoms with Crippen molar-refractivity contribution in [2.24, 2.45) is 5.92 Å². The maximum Gasteiger partial charge on any atom is 0.119 e. The van der Waals surface area contributed by atoms with Crippen LogP contribution in [0.2, 0.25) is 0 Å². The molecule has 1 aromatic rings. The van der Waals surface area contributed by atoms with Gasteiger partial charge in [0.05, 0.1) is 18.2 Å². The molecule has 3 heteroatoms. The predicted molar refractivity (Wildman–Crippen MR) is 76.1 cm³/mol. The van der Waals surface area contributed by atoms with Gasteiger partial charge in [0, 0.05) is 12.6 Å². The van der Waals surface area contributed by atoms with Gasteiger partial charge in [-0.3, -0.25) is 0 Å². The van der Waals surface area contributed by atoms with E-state index in [1.807, 2.05) is 12.1 Å². The number of ether oxygens (including phenoxy) is 1. The van der Waals surface area contributed by atoms with E-state index in [-0.39, 0.29) is 0 Å². The summed E-state index contributed by atoms with van der Waals surface area (Å²) in [5, 5.41) is 8.71. The van der Waals surface area contributed by atoms with Crippen molar-refractivity contribution in [1.82, 2.24) is 4.90 Å². The Morgan fingerprint density at radius 1 is 1.37 bits per heavy atom. The first-order valence-electron chi connectivity index (χ1n) is 7.04. The van der Waals surface area contributed by atoms with Crippen molar-refractivity contribution in [2.75, 3.05) is 20.2 Å². The lowest BCUT2D eigenvalue weighted by Gasteiger charge is -2.24. The molecule has 19 heavy (non-hydrogen) atoms. The van der Waals surface area contributed by atoms with Crippen molar-refractivity contribution in [3.8, 4) is 11.8 Å². The maximum absolute atomic E-state index is 8.71. The first-order chi connectivity index (χ1) is 9.20. The topological polar surface area (TPSA) is 36.3 Å². The molecule has 1 aliphatic rings. The summed E-state index contributed by atoms with van der Waals surface area (Å²) in [6.45, 7) is 4.13. The van der Waals surface area contributed by atoms with E-state index in [0.717, 1.165) is 31.2 Å². The van der Waals surface area contributed by atoms with Crippen molar-refractivity contribution in [1.29, 1.82) is 5.26 Å². The van der Waals surface area contributed by atoms with Crippen molar-refractivity contribution in [2.45, 2.75) is 32.2 Å². The van der Waals surface area contributed by atoms with E-state index in [1.54, 1.807) is 12.1 Å². The molecule has 0 saturated heterocycles. The van der Waals surface area contributed by atoms with E-state index in [4.69, 9.17) is 10.00 Å². The van der Waals surface area contributed by atoms with Gasteiger partial charge in [-0.1, -0.05) is 0 Å². The van der Waals surface area contributed by atoms with Gasteiger partial charge in [0.15, 0.2) is 0 Å². The zero-order valence-corrected chi connectivity index (χ0v) is 11.8. The average molecular weight is 258 g/mol. The van der Waals surface area contributed by atoms with Crippen LogP contribution >= 0.6 is 0 Å². The summed E-state index contributed by atoms with van der Waals surface area (Å²) in [5.74, 6) is 1.77. The van der Waals surface area contributed by atoms with Crippen LogP contribution in [-0.4, -0.2) is 31.1 Å². The Kier molecular flexibility index (Phi) is 4.81. The van der Waals surface area contributed by atoms with Crippen molar-refractivity contribution < 1.29 is 4.74 Å². The molecule has 0 N–H and O–H groups in total. The summed E-state index contributed by atoms with van der Waals surface area (Å²) < 4.78 is 5.68. The minimum absolute atomic E-state index is 0.672. The first kappa shape index (κ1) is 13.9. The van der Waals surface area contributed by atoms with Gasteiger partial charge >= 0.3 is 0 Å². The fourth-order valence-electron chi connectivity index (χ4n) is 2.27. The molecule has 0 heterocycles. The highest BCUT2D eigenvalue weighted by atomic mass is 16.5. The third-order valence-electron chi connectivity index (χ3n) is 3.91. The molecule has 1 saturated carbocycles. The highest BCUT2D eigenvalue weighted by Gasteiger charge is 2.29. The van der Waals surface area contributed by atoms with Crippen LogP contribution in [0.25, 0.3) is 0 Å². The molecule has 3 nitrogen and oxygen atoms in total. The van der Waals surface area contributed by atoms with Crippen LogP contribution < -0.4 is 4.74 Å². The van der Waals surface area contributed by atoms with Crippen LogP contribution in [0.15, 0.2) is 24.3 Å². The fourth-order valence-corrected chi connectivity index (χ4v) is 2.27. The van der Waals surface area contributed by atoms with Crippen molar-refractivity contribution >= 4 is 0 Å². The summed E-state index contributed by atoms with van der Waals surface area (Å²) in [7, 11) is 2.20. The smallest absolute Gasteiger partial charge is 0.119 e. The van der Waals surface area contributed by atoms with Crippen LogP contribution in [-0.2, 0) is 0 Å². The molecule has 0 aromatic heterocycles. The Morgan fingerprint density at radius 2 is 2.05 bits per heavy atom. The van der Waals surface area contributed by atoms with Gasteiger partial charge in [-0.2, -0.15) is 5.26 Å². The normalized spacial score (nSPS) is 16.1. The largest absolute Gasteiger partial charge is 0.494 e. The Bertz CT molecular complexity index is 431. The van der Waals surface area contributed by atoms with E-state index in [1.165, 1.54) is 12.8 Å². The third-order valence-corrected chi connectivity index (χ3v) is 3.91. The Morgan fingerprint density at radius 3 is 2.63 bits per heavy atom. The third kappa shape index (κ3) is 4.25. The standard InChI is InChI=1S/C16H22N2O/c1-13(15-6-7-15)18(2)10-3-11-19-16-8-4-14(12-17)5-9-16/h4-5,8-9,13,15H,3,6-7,10-11H2,1-2H3. The van der Waals surface area contributed by atoms with Crippen LogP contribution in [0.5, 0.6) is 5.75 Å². The lowest BCUT2D eigenvalue weighted by Crippen LogP contribution is -2.32. The summed E-state index contributed by atoms with van der Waals surface area (Å²) in [6.07, 6.45) is 3.83. The molecule has 2 rings (SSSR count). The number of nitrogens with zero attached hydrogens (tertiary/aromatic N) is 2. The predicted octanol–water partition coefficient (Wildman–Crippen LogP) is 3.06. The molecule has 1 aromatic carbocycles. The van der Waals surface area contributed by atoms with Gasteiger partial charge in [0.25, 0.3) is 0 Å². The number of hydrogen-bond donors (Lipinski definition) is 0. The molecule has 1 fully saturated rings. The number of hydrogen-bond acceptors (Lipinski definition) is 3. The van der Waals surface area contributed by atoms with E-state index in [2.05, 4.69) is 24.9 Å². The van der Waals surface area contributed by atoms with Gasteiger partial charge in [-0.25, -0.2) is 0 Å². The minimum Gasteiger partial charge on any atom is -0.494 e. The van der Waals surface area contributed by atoms with E-state index >= 15 is 0 Å². The average Bonchev–Trinajstić information content (AvgIpc) is 3.27. The van der Waals surface area contributed by atoms with Crippen LogP contribution in [0.4, 0.5) is 0 Å². The minimum atomic E-state index is 0.672. The molecule has 1 unspecified atom stereocenters. The van der Waals surface area contributed by atoms with Crippen molar-refractivity contribution in [3.05, 3.63) is 29.8 Å². The molecule has 1 atom stereocenters. The van der Waals surface area contributed by atoms with E-state index < -0.39 is 0 Å². The summed E-state index contributed by atoms with van der Waals surface area (Å²) in [5.41, 5.74) is 0.672. The maximum atomic E-state index is 8.71. The van der Waals surface area contributed by atoms with E-state index in [0.29, 0.717) is 11.6 Å². The fraction of sp³-hybridized carbons (Fsp3) is 0.562. The first-order valence-corrected chi connectivity index (χ1v) is 7.04. The molecule has 0 bridgehead atoms. The molecule has 0 spiro atoms. The molecule has 1 aliphatic carbocycles. The Labute approximate surface area is 115 Å². The molecule has 0 aliphatic heterocycles. The van der Waals surface area contributed by atoms with Gasteiger partial charge in [-0.05, 0) is 63.4 Å². The van der Waals surface area contributed by atoms with Gasteiger partial charge < -0.3 is 9.64 Å². The summed E-state index contributed by atoms with van der Waals surface area (Å²) >= 11 is 0. The quantitative estimate of drug-likeness (QED) is 0.705. The Hall–Kier alpha value is -1.53. The highest BCUT2D eigenvalue weighted by Crippen LogP contribution is 2.34. The second-order valence-corrected chi connectivity index (χ2v) is 5.40. The van der Waals surface area contributed by atoms with Gasteiger partial charge in [-0.15, -0.1) is 0 Å². The molecular weight excluding hydrogens is 236 g/mol. The molecule has 0 amide bonds. The second kappa shape index (κ2) is 6.58. The molecule has 102 valence electrons. The number of nitriles is 1. The number of rotatable bonds is 7. The van der Waals surface area contributed by atoms with Gasteiger partial charge in [0.1, 0.15) is 5.75 Å². The summed E-state index contributed by atoms with van der Waals surface area (Å²) in [4.78, 5) is 2.43. The molecule has 0 radical (unpaired) electrons. The SMILES string of the molecule is CC(C1CC1)N(C)CCCOc1ccc(C#N)cc1. The van der Waals surface area contributed by atoms with Crippen LogP contribution in [0, 0.1) is 17.2 Å². The van der Waals surface area contributed by atoms with E-state index in [9.17, 15) is 0 Å². The molecular formula is C16H22N2O. The lowest BCUT2D eigenvalue weighted by atomic mass is 10.2. The summed E-state index contributed by atoms with van der Waals surface area (Å²) in [6, 6.07) is 10.1. The monoisotopic (exact) mass is 258 g/mol. The van der Waals surface area contributed by atoms with Crippen LogP contribution in [0.3, 0.4) is 0 Å². The Balaban J connectivity index is 1.64. The van der Waals surface area contributed by atoms with Crippen molar-refractivity contribution in [3.63, 3.8) is 0 Å². The van der Waals surface area contributed by atoms with Gasteiger partial charge in [0.2, 0.25) is 0 Å². The van der Waals surface area contributed by atoms with Crippen LogP contribution in [0.1, 0.15) is 31.7 Å². The zero-order chi connectivity index (χ0) is 13.7.